The van der Waals surface area contributed by atoms with Crippen molar-refractivity contribution in [2.75, 3.05) is 52.3 Å². The number of Topliss-reactive ketones (excluding diaryl/α,β-unsaturated/α-hetero) is 1. The molecule has 1 saturated carbocycles. The SMILES string of the molecule is COc1cc2c(cc1OC)C(c1ccc(N3CCN(C)CC3)cc1)=NC(CCC(=O)CC1CC1)C(C)C2. The average Bonchev–Trinajstić information content (AvgIpc) is 3.74. The van der Waals surface area contributed by atoms with Crippen LogP contribution >= 0.6 is 0 Å². The first-order valence-electron chi connectivity index (χ1n) is 13.8. The third-order valence-corrected chi connectivity index (χ3v) is 8.30. The van der Waals surface area contributed by atoms with Crippen LogP contribution in [0.1, 0.15) is 55.7 Å². The molecule has 2 atom stereocenters. The van der Waals surface area contributed by atoms with Crippen molar-refractivity contribution in [1.82, 2.24) is 4.90 Å². The van der Waals surface area contributed by atoms with E-state index in [2.05, 4.69) is 60.2 Å². The van der Waals surface area contributed by atoms with Crippen LogP contribution in [0.4, 0.5) is 5.69 Å². The largest absolute Gasteiger partial charge is 0.493 e. The van der Waals surface area contributed by atoms with Gasteiger partial charge in [-0.1, -0.05) is 19.1 Å². The zero-order valence-electron chi connectivity index (χ0n) is 22.8. The third-order valence-electron chi connectivity index (χ3n) is 8.30. The first-order chi connectivity index (χ1) is 17.9. The molecule has 6 heteroatoms. The minimum absolute atomic E-state index is 0.0971. The molecule has 198 valence electrons. The molecule has 2 aliphatic heterocycles. The van der Waals surface area contributed by atoms with Crippen molar-refractivity contribution in [3.05, 3.63) is 53.1 Å². The molecule has 37 heavy (non-hydrogen) atoms. The van der Waals surface area contributed by atoms with Crippen LogP contribution < -0.4 is 14.4 Å². The lowest BCUT2D eigenvalue weighted by Crippen LogP contribution is -2.44. The standard InChI is InChI=1S/C31H41N3O3/c1-21-17-24-19-29(36-3)30(37-4)20-27(24)31(32-28(21)12-11-26(35)18-22-5-6-22)23-7-9-25(10-8-23)34-15-13-33(2)14-16-34/h7-10,19-22,28H,5-6,11-18H2,1-4H3. The lowest BCUT2D eigenvalue weighted by atomic mass is 9.89. The Bertz CT molecular complexity index is 1130. The van der Waals surface area contributed by atoms with E-state index in [1.54, 1.807) is 14.2 Å². The van der Waals surface area contributed by atoms with Crippen molar-refractivity contribution in [3.63, 3.8) is 0 Å². The molecule has 0 aromatic heterocycles. The van der Waals surface area contributed by atoms with Crippen molar-refractivity contribution in [3.8, 4) is 11.5 Å². The van der Waals surface area contributed by atoms with Gasteiger partial charge in [0.1, 0.15) is 5.78 Å². The predicted molar refractivity (Wildman–Crippen MR) is 150 cm³/mol. The molecule has 2 aromatic carbocycles. The molecular weight excluding hydrogens is 462 g/mol. The fraction of sp³-hybridized carbons (Fsp3) is 0.548. The fourth-order valence-corrected chi connectivity index (χ4v) is 5.68. The maximum atomic E-state index is 12.6. The molecule has 5 rings (SSSR count). The molecule has 6 nitrogen and oxygen atoms in total. The summed E-state index contributed by atoms with van der Waals surface area (Å²) in [4.78, 5) is 22.8. The number of methoxy groups -OCH3 is 2. The molecule has 3 aliphatic rings. The second-order valence-electron chi connectivity index (χ2n) is 11.2. The van der Waals surface area contributed by atoms with E-state index in [0.29, 0.717) is 29.8 Å². The monoisotopic (exact) mass is 503 g/mol. The normalized spacial score (nSPS) is 22.2. The number of anilines is 1. The van der Waals surface area contributed by atoms with E-state index < -0.39 is 0 Å². The Morgan fingerprint density at radius 1 is 1.00 bits per heavy atom. The van der Waals surface area contributed by atoms with Crippen LogP contribution in [0.15, 0.2) is 41.4 Å². The molecule has 0 N–H and O–H groups in total. The van der Waals surface area contributed by atoms with Crippen LogP contribution in [0.25, 0.3) is 0 Å². The number of likely N-dealkylation sites (N-methyl/N-ethyl adjacent to an activating group) is 1. The summed E-state index contributed by atoms with van der Waals surface area (Å²) in [5, 5.41) is 0. The highest BCUT2D eigenvalue weighted by atomic mass is 16.5. The quantitative estimate of drug-likeness (QED) is 0.482. The van der Waals surface area contributed by atoms with Crippen molar-refractivity contribution >= 4 is 17.2 Å². The van der Waals surface area contributed by atoms with Crippen molar-refractivity contribution in [2.45, 2.75) is 51.5 Å². The maximum Gasteiger partial charge on any atom is 0.161 e. The van der Waals surface area contributed by atoms with Gasteiger partial charge in [-0.15, -0.1) is 0 Å². The molecule has 1 saturated heterocycles. The molecule has 2 heterocycles. The summed E-state index contributed by atoms with van der Waals surface area (Å²) in [5.41, 5.74) is 5.68. The van der Waals surface area contributed by atoms with Gasteiger partial charge in [-0.2, -0.15) is 0 Å². The second-order valence-corrected chi connectivity index (χ2v) is 11.2. The second kappa shape index (κ2) is 11.3. The minimum Gasteiger partial charge on any atom is -0.493 e. The van der Waals surface area contributed by atoms with Crippen molar-refractivity contribution in [1.29, 1.82) is 0 Å². The lowest BCUT2D eigenvalue weighted by molar-refractivity contribution is -0.119. The zero-order valence-corrected chi connectivity index (χ0v) is 22.8. The first kappa shape index (κ1) is 25.8. The molecule has 0 radical (unpaired) electrons. The smallest absolute Gasteiger partial charge is 0.161 e. The van der Waals surface area contributed by atoms with Gasteiger partial charge >= 0.3 is 0 Å². The van der Waals surface area contributed by atoms with E-state index >= 15 is 0 Å². The van der Waals surface area contributed by atoms with E-state index in [0.717, 1.165) is 68.0 Å². The highest BCUT2D eigenvalue weighted by Gasteiger charge is 2.29. The van der Waals surface area contributed by atoms with Crippen LogP contribution in [-0.4, -0.2) is 69.9 Å². The summed E-state index contributed by atoms with van der Waals surface area (Å²) in [5.74, 6) is 2.83. The number of fused-ring (bicyclic) bond motifs is 1. The summed E-state index contributed by atoms with van der Waals surface area (Å²) >= 11 is 0. The van der Waals surface area contributed by atoms with E-state index in [-0.39, 0.29) is 6.04 Å². The Labute approximate surface area is 221 Å². The molecule has 2 fully saturated rings. The summed E-state index contributed by atoms with van der Waals surface area (Å²) in [6.07, 6.45) is 5.50. The topological polar surface area (TPSA) is 54.4 Å². The number of hydrogen-bond donors (Lipinski definition) is 0. The van der Waals surface area contributed by atoms with Crippen LogP contribution in [0.5, 0.6) is 11.5 Å². The molecule has 0 amide bonds. The van der Waals surface area contributed by atoms with Crippen LogP contribution in [0.3, 0.4) is 0 Å². The van der Waals surface area contributed by atoms with Crippen LogP contribution in [0.2, 0.25) is 0 Å². The Morgan fingerprint density at radius 3 is 2.32 bits per heavy atom. The number of ether oxygens (including phenoxy) is 2. The van der Waals surface area contributed by atoms with Gasteiger partial charge in [0.05, 0.1) is 26.0 Å². The van der Waals surface area contributed by atoms with Gasteiger partial charge in [0.2, 0.25) is 0 Å². The van der Waals surface area contributed by atoms with Crippen LogP contribution in [0, 0.1) is 11.8 Å². The number of carbonyl (C=O) groups is 1. The molecule has 2 aromatic rings. The number of aliphatic imine (C=N–C) groups is 1. The van der Waals surface area contributed by atoms with Gasteiger partial charge in [-0.05, 0) is 74.4 Å². The van der Waals surface area contributed by atoms with Crippen molar-refractivity contribution < 1.29 is 14.3 Å². The highest BCUT2D eigenvalue weighted by molar-refractivity contribution is 6.14. The number of benzene rings is 2. The summed E-state index contributed by atoms with van der Waals surface area (Å²) in [7, 11) is 5.55. The molecule has 1 aliphatic carbocycles. The number of hydrogen-bond acceptors (Lipinski definition) is 6. The van der Waals surface area contributed by atoms with Gasteiger partial charge in [-0.25, -0.2) is 0 Å². The van der Waals surface area contributed by atoms with Gasteiger partial charge in [-0.3, -0.25) is 9.79 Å². The third kappa shape index (κ3) is 6.01. The van der Waals surface area contributed by atoms with Gasteiger partial charge < -0.3 is 19.3 Å². The van der Waals surface area contributed by atoms with Gasteiger partial charge in [0.25, 0.3) is 0 Å². The Balaban J connectivity index is 1.46. The summed E-state index contributed by atoms with van der Waals surface area (Å²) in [6.45, 7) is 6.53. The Kier molecular flexibility index (Phi) is 7.84. The summed E-state index contributed by atoms with van der Waals surface area (Å²) < 4.78 is 11.3. The number of rotatable bonds is 9. The van der Waals surface area contributed by atoms with Crippen LogP contribution in [-0.2, 0) is 11.2 Å². The average molecular weight is 504 g/mol. The van der Waals surface area contributed by atoms with E-state index in [1.807, 2.05) is 0 Å². The molecule has 2 unspecified atom stereocenters. The van der Waals surface area contributed by atoms with E-state index in [1.165, 1.54) is 24.1 Å². The Morgan fingerprint density at radius 2 is 1.68 bits per heavy atom. The zero-order chi connectivity index (χ0) is 25.9. The number of carbonyl (C=O) groups excluding carboxylic acids is 1. The minimum atomic E-state index is 0.0971. The molecule has 0 bridgehead atoms. The molecule has 0 spiro atoms. The highest BCUT2D eigenvalue weighted by Crippen LogP contribution is 2.37. The predicted octanol–water partition coefficient (Wildman–Crippen LogP) is 5.00. The number of ketones is 1. The summed E-state index contributed by atoms with van der Waals surface area (Å²) in [6, 6.07) is 13.2. The van der Waals surface area contributed by atoms with Crippen molar-refractivity contribution in [2.24, 2.45) is 16.8 Å². The lowest BCUT2D eigenvalue weighted by Gasteiger charge is -2.34. The first-order valence-corrected chi connectivity index (χ1v) is 13.8. The van der Waals surface area contributed by atoms with E-state index in [9.17, 15) is 4.79 Å². The van der Waals surface area contributed by atoms with Gasteiger partial charge in [0, 0.05) is 55.8 Å². The number of piperazine rings is 1. The van der Waals surface area contributed by atoms with Gasteiger partial charge in [0.15, 0.2) is 11.5 Å². The maximum absolute atomic E-state index is 12.6. The number of nitrogens with zero attached hydrogens (tertiary/aromatic N) is 3. The molecular formula is C31H41N3O3. The van der Waals surface area contributed by atoms with E-state index in [4.69, 9.17) is 14.5 Å². The Hall–Kier alpha value is -2.86. The fourth-order valence-electron chi connectivity index (χ4n) is 5.68.